The Morgan fingerprint density at radius 3 is 2.33 bits per heavy atom. The number of nitrogens with one attached hydrogen (secondary N) is 1. The van der Waals surface area contributed by atoms with E-state index in [0.29, 0.717) is 22.2 Å². The molecule has 0 aromatic carbocycles. The molecule has 1 amide bonds. The minimum atomic E-state index is -0.346. The summed E-state index contributed by atoms with van der Waals surface area (Å²) in [7, 11) is 0. The summed E-state index contributed by atoms with van der Waals surface area (Å²) in [4.78, 5) is 12.5. The van der Waals surface area contributed by atoms with Crippen LogP contribution in [0.15, 0.2) is 11.6 Å². The zero-order valence-electron chi connectivity index (χ0n) is 22.6. The molecule has 1 aliphatic heterocycles. The van der Waals surface area contributed by atoms with Crippen LogP contribution in [0.25, 0.3) is 0 Å². The standard InChI is InChI=1S/C30H50N2O/c1-25(2)22-11-13-30(7)23(28(22,5)12-8-18-32-25)10-9-20-21-19-27(4,24(31)33)15-14-26(21,3)16-17-29(20,30)6/h9,21-23,32H,8,10-19H2,1-7H3,(H2,31,33)/t21-,22-,23+,26+,27+,28-,29+,30+/m0/s1. The third kappa shape index (κ3) is 3.06. The highest BCUT2D eigenvalue weighted by atomic mass is 16.1. The Kier molecular flexibility index (Phi) is 5.15. The van der Waals surface area contributed by atoms with E-state index in [0.717, 1.165) is 37.6 Å². The molecule has 0 spiro atoms. The lowest BCUT2D eigenvalue weighted by Gasteiger charge is -2.69. The van der Waals surface area contributed by atoms with Crippen molar-refractivity contribution in [2.45, 2.75) is 118 Å². The van der Waals surface area contributed by atoms with Crippen molar-refractivity contribution in [3.8, 4) is 0 Å². The normalized spacial score (nSPS) is 53.4. The third-order valence-electron chi connectivity index (χ3n) is 13.0. The average molecular weight is 455 g/mol. The maximum absolute atomic E-state index is 12.5. The van der Waals surface area contributed by atoms with Gasteiger partial charge in [0.1, 0.15) is 0 Å². The lowest BCUT2D eigenvalue weighted by molar-refractivity contribution is -0.158. The number of primary amides is 1. The third-order valence-corrected chi connectivity index (χ3v) is 13.0. The maximum atomic E-state index is 12.5. The van der Waals surface area contributed by atoms with E-state index < -0.39 is 0 Å². The lowest BCUT2D eigenvalue weighted by atomic mass is 9.35. The molecule has 4 fully saturated rings. The van der Waals surface area contributed by atoms with Crippen LogP contribution in [0.5, 0.6) is 0 Å². The summed E-state index contributed by atoms with van der Waals surface area (Å²) in [5.74, 6) is 1.91. The Balaban J connectivity index is 1.58. The molecule has 0 unspecified atom stereocenters. The molecule has 5 rings (SSSR count). The Hall–Kier alpha value is -0.830. The number of hydrogen-bond donors (Lipinski definition) is 2. The fourth-order valence-electron chi connectivity index (χ4n) is 10.5. The summed E-state index contributed by atoms with van der Waals surface area (Å²) in [6.07, 6.45) is 14.9. The van der Waals surface area contributed by atoms with Crippen molar-refractivity contribution in [2.75, 3.05) is 6.54 Å². The van der Waals surface area contributed by atoms with Gasteiger partial charge < -0.3 is 11.1 Å². The molecule has 4 aliphatic carbocycles. The number of fused-ring (bicyclic) bond motifs is 7. The van der Waals surface area contributed by atoms with Crippen molar-refractivity contribution >= 4 is 5.91 Å². The van der Waals surface area contributed by atoms with E-state index >= 15 is 0 Å². The molecule has 33 heavy (non-hydrogen) atoms. The van der Waals surface area contributed by atoms with Crippen LogP contribution in [-0.2, 0) is 4.79 Å². The Bertz CT molecular complexity index is 877. The predicted octanol–water partition coefficient (Wildman–Crippen LogP) is 6.62. The number of nitrogens with two attached hydrogens (primary N) is 1. The summed E-state index contributed by atoms with van der Waals surface area (Å²) < 4.78 is 0. The van der Waals surface area contributed by atoms with Gasteiger partial charge in [-0.05, 0) is 124 Å². The highest BCUT2D eigenvalue weighted by Gasteiger charge is 2.67. The van der Waals surface area contributed by atoms with Gasteiger partial charge >= 0.3 is 0 Å². The Labute approximate surface area is 203 Å². The van der Waals surface area contributed by atoms with Crippen molar-refractivity contribution in [1.82, 2.24) is 5.32 Å². The van der Waals surface area contributed by atoms with E-state index in [-0.39, 0.29) is 22.3 Å². The minimum Gasteiger partial charge on any atom is -0.369 e. The van der Waals surface area contributed by atoms with Crippen LogP contribution in [-0.4, -0.2) is 18.0 Å². The molecular formula is C30H50N2O. The SMILES string of the molecule is CC1(C)NCCC[C@]2(C)[C@H]3CC=C4[C@@H]5C[C@](C)(C(N)=O)CC[C@]5(C)CC[C@@]4(C)[C@]3(C)CC[C@@H]12. The second kappa shape index (κ2) is 7.11. The minimum absolute atomic E-state index is 0.0847. The molecule has 3 N–H and O–H groups in total. The first kappa shape index (κ1) is 23.9. The summed E-state index contributed by atoms with van der Waals surface area (Å²) >= 11 is 0. The molecule has 0 aromatic rings. The zero-order chi connectivity index (χ0) is 24.1. The molecule has 3 heteroatoms. The van der Waals surface area contributed by atoms with Crippen LogP contribution in [0.2, 0.25) is 0 Å². The van der Waals surface area contributed by atoms with Crippen molar-refractivity contribution in [3.63, 3.8) is 0 Å². The highest BCUT2D eigenvalue weighted by Crippen LogP contribution is 2.74. The van der Waals surface area contributed by atoms with E-state index in [9.17, 15) is 4.79 Å². The summed E-state index contributed by atoms with van der Waals surface area (Å²) in [6.45, 7) is 18.7. The van der Waals surface area contributed by atoms with E-state index in [1.165, 1.54) is 44.9 Å². The van der Waals surface area contributed by atoms with Gasteiger partial charge in [-0.25, -0.2) is 0 Å². The fourth-order valence-corrected chi connectivity index (χ4v) is 10.5. The lowest BCUT2D eigenvalue weighted by Crippen LogP contribution is -2.64. The second-order valence-corrected chi connectivity index (χ2v) is 14.9. The summed E-state index contributed by atoms with van der Waals surface area (Å²) in [5, 5.41) is 3.92. The monoisotopic (exact) mass is 454 g/mol. The molecule has 1 saturated heterocycles. The number of amides is 1. The van der Waals surface area contributed by atoms with E-state index in [4.69, 9.17) is 5.73 Å². The van der Waals surface area contributed by atoms with Gasteiger partial charge in [0.25, 0.3) is 0 Å². The molecule has 0 bridgehead atoms. The quantitative estimate of drug-likeness (QED) is 0.438. The maximum Gasteiger partial charge on any atom is 0.223 e. The van der Waals surface area contributed by atoms with E-state index in [1.807, 2.05) is 0 Å². The van der Waals surface area contributed by atoms with Gasteiger partial charge in [-0.1, -0.05) is 46.3 Å². The molecule has 5 aliphatic rings. The van der Waals surface area contributed by atoms with Gasteiger partial charge in [-0.2, -0.15) is 0 Å². The largest absolute Gasteiger partial charge is 0.369 e. The van der Waals surface area contributed by atoms with Gasteiger partial charge in [0, 0.05) is 11.0 Å². The number of carbonyl (C=O) groups excluding carboxylic acids is 1. The summed E-state index contributed by atoms with van der Waals surface area (Å²) in [5.41, 5.74) is 8.86. The van der Waals surface area contributed by atoms with Gasteiger partial charge in [-0.3, -0.25) is 4.79 Å². The number of hydrogen-bond acceptors (Lipinski definition) is 2. The van der Waals surface area contributed by atoms with E-state index in [1.54, 1.807) is 5.57 Å². The first-order valence-corrected chi connectivity index (χ1v) is 14.0. The molecule has 0 radical (unpaired) electrons. The highest BCUT2D eigenvalue weighted by molar-refractivity contribution is 5.80. The predicted molar refractivity (Wildman–Crippen MR) is 137 cm³/mol. The number of rotatable bonds is 1. The van der Waals surface area contributed by atoms with Crippen LogP contribution in [0.1, 0.15) is 113 Å². The molecule has 1 heterocycles. The molecule has 3 nitrogen and oxygen atoms in total. The van der Waals surface area contributed by atoms with Crippen LogP contribution >= 0.6 is 0 Å². The Morgan fingerprint density at radius 2 is 1.64 bits per heavy atom. The Morgan fingerprint density at radius 1 is 0.939 bits per heavy atom. The second-order valence-electron chi connectivity index (χ2n) is 14.9. The van der Waals surface area contributed by atoms with Crippen molar-refractivity contribution < 1.29 is 4.79 Å². The zero-order valence-corrected chi connectivity index (χ0v) is 22.6. The van der Waals surface area contributed by atoms with Crippen LogP contribution < -0.4 is 11.1 Å². The topological polar surface area (TPSA) is 55.1 Å². The number of carbonyl (C=O) groups is 1. The van der Waals surface area contributed by atoms with E-state index in [2.05, 4.69) is 59.9 Å². The average Bonchev–Trinajstić information content (AvgIpc) is 2.85. The van der Waals surface area contributed by atoms with Crippen molar-refractivity contribution in [1.29, 1.82) is 0 Å². The van der Waals surface area contributed by atoms with Gasteiger partial charge in [-0.15, -0.1) is 0 Å². The molecule has 0 aromatic heterocycles. The first-order chi connectivity index (χ1) is 15.2. The molecule has 186 valence electrons. The van der Waals surface area contributed by atoms with Crippen molar-refractivity contribution in [2.24, 2.45) is 50.6 Å². The van der Waals surface area contributed by atoms with Crippen LogP contribution in [0.4, 0.5) is 0 Å². The van der Waals surface area contributed by atoms with Crippen LogP contribution in [0.3, 0.4) is 0 Å². The molecular weight excluding hydrogens is 404 g/mol. The van der Waals surface area contributed by atoms with Crippen LogP contribution in [0, 0.1) is 44.8 Å². The summed E-state index contributed by atoms with van der Waals surface area (Å²) in [6, 6.07) is 0. The fraction of sp³-hybridized carbons (Fsp3) is 0.900. The molecule has 3 saturated carbocycles. The smallest absolute Gasteiger partial charge is 0.223 e. The number of allylic oxidation sites excluding steroid dienone is 2. The van der Waals surface area contributed by atoms with Crippen molar-refractivity contribution in [3.05, 3.63) is 11.6 Å². The van der Waals surface area contributed by atoms with Gasteiger partial charge in [0.05, 0.1) is 0 Å². The van der Waals surface area contributed by atoms with Gasteiger partial charge in [0.2, 0.25) is 5.91 Å². The first-order valence-electron chi connectivity index (χ1n) is 14.0. The van der Waals surface area contributed by atoms with Gasteiger partial charge in [0.15, 0.2) is 0 Å². The molecule has 8 atom stereocenters.